The van der Waals surface area contributed by atoms with Crippen molar-refractivity contribution >= 4 is 5.69 Å². The van der Waals surface area contributed by atoms with Crippen molar-refractivity contribution in [2.75, 3.05) is 18.6 Å². The molecule has 1 aromatic carbocycles. The molecule has 1 fully saturated rings. The Balaban J connectivity index is 2.04. The van der Waals surface area contributed by atoms with Crippen LogP contribution in [0.2, 0.25) is 0 Å². The van der Waals surface area contributed by atoms with Crippen molar-refractivity contribution in [1.82, 2.24) is 0 Å². The lowest BCUT2D eigenvalue weighted by atomic mass is 10.1. The predicted molar refractivity (Wildman–Crippen MR) is 76.0 cm³/mol. The molecule has 1 aliphatic rings. The third kappa shape index (κ3) is 3.03. The fraction of sp³-hybridized carbons (Fsp3) is 0.600. The zero-order valence-corrected chi connectivity index (χ0v) is 11.6. The van der Waals surface area contributed by atoms with Crippen molar-refractivity contribution in [3.8, 4) is 0 Å². The van der Waals surface area contributed by atoms with E-state index in [1.165, 1.54) is 11.3 Å². The fourth-order valence-corrected chi connectivity index (χ4v) is 2.66. The first-order chi connectivity index (χ1) is 8.58. The highest BCUT2D eigenvalue weighted by Crippen LogP contribution is 2.24. The van der Waals surface area contributed by atoms with Crippen LogP contribution in [0, 0.1) is 0 Å². The lowest BCUT2D eigenvalue weighted by Gasteiger charge is -2.29. The van der Waals surface area contributed by atoms with Crippen LogP contribution in [0.4, 0.5) is 5.69 Å². The molecule has 1 aliphatic heterocycles. The molecule has 0 aromatic heterocycles. The smallest absolute Gasteiger partial charge is 0.0750 e. The van der Waals surface area contributed by atoms with Gasteiger partial charge in [-0.25, -0.2) is 0 Å². The minimum atomic E-state index is 0.219. The predicted octanol–water partition coefficient (Wildman–Crippen LogP) is 2.19. The average molecular weight is 248 g/mol. The van der Waals surface area contributed by atoms with Gasteiger partial charge in [-0.05, 0) is 44.4 Å². The fourth-order valence-electron chi connectivity index (χ4n) is 2.66. The molecule has 0 aliphatic carbocycles. The molecule has 0 saturated carbocycles. The van der Waals surface area contributed by atoms with Crippen LogP contribution in [0.1, 0.15) is 25.8 Å². The quantitative estimate of drug-likeness (QED) is 0.887. The summed E-state index contributed by atoms with van der Waals surface area (Å²) in [6, 6.07) is 9.43. The standard InChI is InChI=1S/C15H24N2O/c1-11(16)10-13-4-6-14(7-5-13)17(3)15-8-9-18-12(15)2/h4-7,11-12,15H,8-10,16H2,1-3H3. The van der Waals surface area contributed by atoms with E-state index in [0.29, 0.717) is 12.1 Å². The van der Waals surface area contributed by atoms with E-state index >= 15 is 0 Å². The van der Waals surface area contributed by atoms with Gasteiger partial charge in [0.05, 0.1) is 12.1 Å². The van der Waals surface area contributed by atoms with Gasteiger partial charge in [0.25, 0.3) is 0 Å². The van der Waals surface area contributed by atoms with E-state index in [1.54, 1.807) is 0 Å². The van der Waals surface area contributed by atoms with Crippen molar-refractivity contribution in [1.29, 1.82) is 0 Å². The number of likely N-dealkylation sites (N-methyl/N-ethyl adjacent to an activating group) is 1. The molecule has 3 atom stereocenters. The monoisotopic (exact) mass is 248 g/mol. The number of benzene rings is 1. The zero-order valence-electron chi connectivity index (χ0n) is 11.6. The number of hydrogen-bond acceptors (Lipinski definition) is 3. The summed E-state index contributed by atoms with van der Waals surface area (Å²) in [4.78, 5) is 2.33. The maximum atomic E-state index is 5.81. The molecular weight excluding hydrogens is 224 g/mol. The van der Waals surface area contributed by atoms with Crippen molar-refractivity contribution in [2.24, 2.45) is 5.73 Å². The van der Waals surface area contributed by atoms with Crippen molar-refractivity contribution in [3.63, 3.8) is 0 Å². The Kier molecular flexibility index (Phi) is 4.25. The molecule has 1 heterocycles. The Hall–Kier alpha value is -1.06. The molecule has 0 radical (unpaired) electrons. The highest BCUT2D eigenvalue weighted by molar-refractivity contribution is 5.48. The van der Waals surface area contributed by atoms with Crippen molar-refractivity contribution in [2.45, 2.75) is 44.9 Å². The summed E-state index contributed by atoms with van der Waals surface area (Å²) in [5.41, 5.74) is 8.37. The Morgan fingerprint density at radius 3 is 2.56 bits per heavy atom. The molecule has 1 saturated heterocycles. The Morgan fingerprint density at radius 2 is 2.06 bits per heavy atom. The molecule has 2 rings (SSSR count). The van der Waals surface area contributed by atoms with Crippen molar-refractivity contribution < 1.29 is 4.74 Å². The summed E-state index contributed by atoms with van der Waals surface area (Å²) in [5, 5.41) is 0. The molecule has 18 heavy (non-hydrogen) atoms. The summed E-state index contributed by atoms with van der Waals surface area (Å²) in [5.74, 6) is 0. The number of rotatable bonds is 4. The van der Waals surface area contributed by atoms with E-state index in [1.807, 2.05) is 6.92 Å². The molecule has 3 nitrogen and oxygen atoms in total. The maximum Gasteiger partial charge on any atom is 0.0750 e. The summed E-state index contributed by atoms with van der Waals surface area (Å²) < 4.78 is 5.63. The maximum absolute atomic E-state index is 5.81. The minimum Gasteiger partial charge on any atom is -0.376 e. The van der Waals surface area contributed by atoms with Crippen LogP contribution >= 0.6 is 0 Å². The van der Waals surface area contributed by atoms with Crippen LogP contribution < -0.4 is 10.6 Å². The molecule has 0 amide bonds. The van der Waals surface area contributed by atoms with E-state index in [4.69, 9.17) is 10.5 Å². The van der Waals surface area contributed by atoms with Gasteiger partial charge in [0.15, 0.2) is 0 Å². The number of hydrogen-bond donors (Lipinski definition) is 1. The second kappa shape index (κ2) is 5.72. The number of ether oxygens (including phenoxy) is 1. The molecule has 100 valence electrons. The molecule has 1 aromatic rings. The van der Waals surface area contributed by atoms with Gasteiger partial charge in [0.2, 0.25) is 0 Å². The lowest BCUT2D eigenvalue weighted by Crippen LogP contribution is -2.36. The third-order valence-electron chi connectivity index (χ3n) is 3.73. The van der Waals surface area contributed by atoms with Gasteiger partial charge in [-0.15, -0.1) is 0 Å². The number of anilines is 1. The highest BCUT2D eigenvalue weighted by Gasteiger charge is 2.27. The van der Waals surface area contributed by atoms with Gasteiger partial charge in [-0.3, -0.25) is 0 Å². The second-order valence-corrected chi connectivity index (χ2v) is 5.39. The number of nitrogens with zero attached hydrogens (tertiary/aromatic N) is 1. The average Bonchev–Trinajstić information content (AvgIpc) is 2.75. The summed E-state index contributed by atoms with van der Waals surface area (Å²) >= 11 is 0. The summed E-state index contributed by atoms with van der Waals surface area (Å²) in [6.07, 6.45) is 2.37. The van der Waals surface area contributed by atoms with E-state index in [2.05, 4.69) is 43.1 Å². The van der Waals surface area contributed by atoms with Gasteiger partial charge < -0.3 is 15.4 Å². The topological polar surface area (TPSA) is 38.5 Å². The molecule has 3 unspecified atom stereocenters. The molecule has 2 N–H and O–H groups in total. The van der Waals surface area contributed by atoms with Crippen LogP contribution in [-0.4, -0.2) is 31.8 Å². The summed E-state index contributed by atoms with van der Waals surface area (Å²) in [7, 11) is 2.15. The zero-order chi connectivity index (χ0) is 13.1. The van der Waals surface area contributed by atoms with E-state index < -0.39 is 0 Å². The van der Waals surface area contributed by atoms with E-state index in [0.717, 1.165) is 19.4 Å². The van der Waals surface area contributed by atoms with Gasteiger partial charge >= 0.3 is 0 Å². The Labute approximate surface area is 110 Å². The second-order valence-electron chi connectivity index (χ2n) is 5.39. The minimum absolute atomic E-state index is 0.219. The first-order valence-corrected chi connectivity index (χ1v) is 6.77. The Bertz CT molecular complexity index is 375. The van der Waals surface area contributed by atoms with E-state index in [9.17, 15) is 0 Å². The van der Waals surface area contributed by atoms with Crippen LogP contribution in [0.5, 0.6) is 0 Å². The SMILES string of the molecule is CC(N)Cc1ccc(N(C)C2CCOC2C)cc1. The summed E-state index contributed by atoms with van der Waals surface area (Å²) in [6.45, 7) is 5.06. The van der Waals surface area contributed by atoms with Gasteiger partial charge in [-0.1, -0.05) is 12.1 Å². The van der Waals surface area contributed by atoms with Crippen LogP contribution in [0.3, 0.4) is 0 Å². The van der Waals surface area contributed by atoms with Gasteiger partial charge in [0, 0.05) is 25.4 Å². The first-order valence-electron chi connectivity index (χ1n) is 6.77. The largest absolute Gasteiger partial charge is 0.376 e. The van der Waals surface area contributed by atoms with Gasteiger partial charge in [0.1, 0.15) is 0 Å². The van der Waals surface area contributed by atoms with Crippen LogP contribution in [0.15, 0.2) is 24.3 Å². The molecular formula is C15H24N2O. The van der Waals surface area contributed by atoms with Crippen LogP contribution in [-0.2, 0) is 11.2 Å². The van der Waals surface area contributed by atoms with E-state index in [-0.39, 0.29) is 6.04 Å². The highest BCUT2D eigenvalue weighted by atomic mass is 16.5. The molecule has 0 spiro atoms. The first kappa shape index (κ1) is 13.4. The number of nitrogens with two attached hydrogens (primary N) is 1. The third-order valence-corrected chi connectivity index (χ3v) is 3.73. The Morgan fingerprint density at radius 1 is 1.39 bits per heavy atom. The molecule has 0 bridgehead atoms. The molecule has 3 heteroatoms. The van der Waals surface area contributed by atoms with Crippen molar-refractivity contribution in [3.05, 3.63) is 29.8 Å². The van der Waals surface area contributed by atoms with Gasteiger partial charge in [-0.2, -0.15) is 0 Å². The van der Waals surface area contributed by atoms with Crippen LogP contribution in [0.25, 0.3) is 0 Å². The lowest BCUT2D eigenvalue weighted by molar-refractivity contribution is 0.118. The normalized spacial score (nSPS) is 25.1.